The van der Waals surface area contributed by atoms with Crippen molar-refractivity contribution in [3.8, 4) is 5.75 Å². The molecule has 1 aliphatic heterocycles. The lowest BCUT2D eigenvalue weighted by Crippen LogP contribution is -2.13. The number of carboxylic acids is 1. The summed E-state index contributed by atoms with van der Waals surface area (Å²) >= 11 is 0. The van der Waals surface area contributed by atoms with Crippen LogP contribution in [0, 0.1) is 0 Å². The zero-order valence-corrected chi connectivity index (χ0v) is 13.3. The van der Waals surface area contributed by atoms with E-state index in [0.29, 0.717) is 0 Å². The molecule has 1 aliphatic rings. The molecule has 0 aromatic heterocycles. The highest BCUT2D eigenvalue weighted by Gasteiger charge is 2.26. The van der Waals surface area contributed by atoms with Gasteiger partial charge in [-0.05, 0) is 67.7 Å². The summed E-state index contributed by atoms with van der Waals surface area (Å²) < 4.78 is 6.04. The first-order valence-corrected chi connectivity index (χ1v) is 7.39. The van der Waals surface area contributed by atoms with Gasteiger partial charge in [-0.1, -0.05) is 18.2 Å². The van der Waals surface area contributed by atoms with E-state index in [0.717, 1.165) is 40.9 Å². The lowest BCUT2D eigenvalue weighted by Gasteiger charge is -2.12. The second-order valence-corrected chi connectivity index (χ2v) is 5.98. The van der Waals surface area contributed by atoms with Crippen molar-refractivity contribution >= 4 is 12.0 Å². The van der Waals surface area contributed by atoms with Gasteiger partial charge in [0.1, 0.15) is 11.9 Å². The zero-order valence-electron chi connectivity index (χ0n) is 13.3. The van der Waals surface area contributed by atoms with E-state index < -0.39 is 5.97 Å². The van der Waals surface area contributed by atoms with Crippen LogP contribution in [0.3, 0.4) is 0 Å². The highest BCUT2D eigenvalue weighted by Crippen LogP contribution is 2.36. The summed E-state index contributed by atoms with van der Waals surface area (Å²) in [6.45, 7) is 10.1. The van der Waals surface area contributed by atoms with Gasteiger partial charge in [-0.2, -0.15) is 0 Å². The Bertz CT molecular complexity index is 662. The first-order chi connectivity index (χ1) is 10.4. The first-order valence-electron chi connectivity index (χ1n) is 7.39. The van der Waals surface area contributed by atoms with Crippen molar-refractivity contribution in [2.24, 2.45) is 0 Å². The Hall–Kier alpha value is -2.29. The molecule has 0 saturated carbocycles. The van der Waals surface area contributed by atoms with E-state index >= 15 is 0 Å². The average molecular weight is 298 g/mol. The van der Waals surface area contributed by atoms with E-state index in [1.165, 1.54) is 11.6 Å². The topological polar surface area (TPSA) is 46.5 Å². The van der Waals surface area contributed by atoms with Gasteiger partial charge in [-0.15, -0.1) is 0 Å². The highest BCUT2D eigenvalue weighted by atomic mass is 16.5. The van der Waals surface area contributed by atoms with Crippen LogP contribution in [-0.2, 0) is 17.6 Å². The lowest BCUT2D eigenvalue weighted by molar-refractivity contribution is -0.131. The molecule has 0 amide bonds. The molecule has 1 heterocycles. The molecule has 2 rings (SSSR count). The van der Waals surface area contributed by atoms with Gasteiger partial charge in [-0.3, -0.25) is 0 Å². The lowest BCUT2D eigenvalue weighted by atomic mass is 9.98. The first kappa shape index (κ1) is 16.1. The molecule has 1 aromatic carbocycles. The number of allylic oxidation sites excluding steroid dienone is 2. The third-order valence-electron chi connectivity index (χ3n) is 3.63. The molecule has 0 unspecified atom stereocenters. The van der Waals surface area contributed by atoms with Crippen LogP contribution in [0.15, 0.2) is 42.0 Å². The van der Waals surface area contributed by atoms with Crippen LogP contribution < -0.4 is 4.74 Å². The monoisotopic (exact) mass is 298 g/mol. The summed E-state index contributed by atoms with van der Waals surface area (Å²) in [7, 11) is 0. The average Bonchev–Trinajstić information content (AvgIpc) is 2.86. The fourth-order valence-electron chi connectivity index (χ4n) is 2.47. The molecule has 1 N–H and O–H groups in total. The Morgan fingerprint density at radius 2 is 2.14 bits per heavy atom. The molecule has 0 aliphatic carbocycles. The minimum Gasteiger partial charge on any atom is -0.485 e. The standard InChI is InChI=1S/C19H22O3/c1-12(2)5-7-15-9-14(6-8-18(20)21)10-16-11-17(13(3)4)22-19(15)16/h5-6,8-10,17H,3,7,11H2,1-2,4H3,(H,20,21)/t17-/m0/s1. The van der Waals surface area contributed by atoms with E-state index in [2.05, 4.69) is 26.5 Å². The molecular weight excluding hydrogens is 276 g/mol. The van der Waals surface area contributed by atoms with Gasteiger partial charge in [0, 0.05) is 12.5 Å². The quantitative estimate of drug-likeness (QED) is 0.655. The molecule has 116 valence electrons. The predicted octanol–water partition coefficient (Wildman–Crippen LogP) is 4.17. The number of aliphatic carboxylic acids is 1. The van der Waals surface area contributed by atoms with Gasteiger partial charge in [0.25, 0.3) is 0 Å². The normalized spacial score (nSPS) is 16.2. The summed E-state index contributed by atoms with van der Waals surface area (Å²) in [6.07, 6.45) is 6.53. The van der Waals surface area contributed by atoms with Crippen molar-refractivity contribution in [3.05, 3.63) is 58.7 Å². The smallest absolute Gasteiger partial charge is 0.328 e. The summed E-state index contributed by atoms with van der Waals surface area (Å²) in [5.41, 5.74) is 5.36. The largest absolute Gasteiger partial charge is 0.485 e. The second-order valence-electron chi connectivity index (χ2n) is 5.98. The van der Waals surface area contributed by atoms with Gasteiger partial charge >= 0.3 is 5.97 Å². The van der Waals surface area contributed by atoms with Crippen LogP contribution in [0.4, 0.5) is 0 Å². The van der Waals surface area contributed by atoms with Gasteiger partial charge in [0.2, 0.25) is 0 Å². The molecule has 0 fully saturated rings. The number of ether oxygens (including phenoxy) is 1. The number of benzene rings is 1. The van der Waals surface area contributed by atoms with E-state index in [4.69, 9.17) is 9.84 Å². The number of hydrogen-bond donors (Lipinski definition) is 1. The van der Waals surface area contributed by atoms with E-state index in [9.17, 15) is 4.79 Å². The van der Waals surface area contributed by atoms with Crippen molar-refractivity contribution in [1.29, 1.82) is 0 Å². The van der Waals surface area contributed by atoms with E-state index in [1.54, 1.807) is 6.08 Å². The molecule has 3 heteroatoms. The minimum absolute atomic E-state index is 0.0131. The maximum absolute atomic E-state index is 10.7. The van der Waals surface area contributed by atoms with Crippen LogP contribution >= 0.6 is 0 Å². The molecule has 3 nitrogen and oxygen atoms in total. The molecular formula is C19H22O3. The predicted molar refractivity (Wildman–Crippen MR) is 89.2 cm³/mol. The Morgan fingerprint density at radius 1 is 1.41 bits per heavy atom. The highest BCUT2D eigenvalue weighted by molar-refractivity contribution is 5.85. The fourth-order valence-corrected chi connectivity index (χ4v) is 2.47. The molecule has 22 heavy (non-hydrogen) atoms. The molecule has 0 radical (unpaired) electrons. The maximum atomic E-state index is 10.7. The number of hydrogen-bond acceptors (Lipinski definition) is 2. The SMILES string of the molecule is C=C(C)[C@@H]1Cc2cc(C=CC(=O)O)cc(CC=C(C)C)c2O1. The Labute approximate surface area is 131 Å². The Kier molecular flexibility index (Phi) is 4.86. The van der Waals surface area contributed by atoms with Gasteiger partial charge < -0.3 is 9.84 Å². The van der Waals surface area contributed by atoms with Gasteiger partial charge in [0.15, 0.2) is 0 Å². The molecule has 0 saturated heterocycles. The summed E-state index contributed by atoms with van der Waals surface area (Å²) in [6, 6.07) is 4.00. The third kappa shape index (κ3) is 3.88. The van der Waals surface area contributed by atoms with Crippen LogP contribution in [0.5, 0.6) is 5.75 Å². The summed E-state index contributed by atoms with van der Waals surface area (Å²) in [4.78, 5) is 10.7. The Morgan fingerprint density at radius 3 is 2.73 bits per heavy atom. The molecule has 1 atom stereocenters. The van der Waals surface area contributed by atoms with Crippen LogP contribution in [0.25, 0.3) is 6.08 Å². The molecule has 0 spiro atoms. The van der Waals surface area contributed by atoms with Crippen LogP contribution in [-0.4, -0.2) is 17.2 Å². The number of fused-ring (bicyclic) bond motifs is 1. The van der Waals surface area contributed by atoms with Crippen molar-refractivity contribution in [3.63, 3.8) is 0 Å². The Balaban J connectivity index is 2.40. The van der Waals surface area contributed by atoms with Crippen molar-refractivity contribution in [2.45, 2.75) is 39.7 Å². The van der Waals surface area contributed by atoms with Crippen molar-refractivity contribution in [1.82, 2.24) is 0 Å². The number of rotatable bonds is 5. The molecule has 1 aromatic rings. The van der Waals surface area contributed by atoms with E-state index in [1.807, 2.05) is 19.1 Å². The summed E-state index contributed by atoms with van der Waals surface area (Å²) in [5.74, 6) is -0.0135. The number of carboxylic acid groups (broad SMARTS) is 1. The third-order valence-corrected chi connectivity index (χ3v) is 3.63. The summed E-state index contributed by atoms with van der Waals surface area (Å²) in [5, 5.41) is 8.80. The van der Waals surface area contributed by atoms with Crippen LogP contribution in [0.2, 0.25) is 0 Å². The minimum atomic E-state index is -0.942. The fraction of sp³-hybridized carbons (Fsp3) is 0.316. The van der Waals surface area contributed by atoms with Gasteiger partial charge in [0.05, 0.1) is 0 Å². The number of carbonyl (C=O) groups is 1. The zero-order chi connectivity index (χ0) is 16.3. The second kappa shape index (κ2) is 6.65. The van der Waals surface area contributed by atoms with E-state index in [-0.39, 0.29) is 6.10 Å². The van der Waals surface area contributed by atoms with Crippen LogP contribution in [0.1, 0.15) is 37.5 Å². The van der Waals surface area contributed by atoms with Crippen molar-refractivity contribution < 1.29 is 14.6 Å². The maximum Gasteiger partial charge on any atom is 0.328 e. The van der Waals surface area contributed by atoms with Crippen molar-refractivity contribution in [2.75, 3.05) is 0 Å². The van der Waals surface area contributed by atoms with Gasteiger partial charge in [-0.25, -0.2) is 4.79 Å². The molecule has 0 bridgehead atoms.